The van der Waals surface area contributed by atoms with Gasteiger partial charge >= 0.3 is 0 Å². The van der Waals surface area contributed by atoms with E-state index in [1.165, 1.54) is 5.56 Å². The first-order chi connectivity index (χ1) is 8.62. The first-order valence-corrected chi connectivity index (χ1v) is 6.63. The molecule has 1 saturated heterocycles. The second-order valence-corrected chi connectivity index (χ2v) is 5.60. The van der Waals surface area contributed by atoms with Crippen LogP contribution in [0.25, 0.3) is 0 Å². The number of ether oxygens (including phenoxy) is 3. The van der Waals surface area contributed by atoms with Gasteiger partial charge in [0.15, 0.2) is 5.79 Å². The van der Waals surface area contributed by atoms with Crippen molar-refractivity contribution >= 4 is 0 Å². The molecule has 98 valence electrons. The van der Waals surface area contributed by atoms with Crippen LogP contribution in [0.3, 0.4) is 0 Å². The van der Waals surface area contributed by atoms with E-state index < -0.39 is 5.79 Å². The maximum atomic E-state index is 5.93. The Balaban J connectivity index is 1.50. The van der Waals surface area contributed by atoms with Crippen LogP contribution in [-0.4, -0.2) is 24.1 Å². The van der Waals surface area contributed by atoms with Crippen LogP contribution in [0.15, 0.2) is 30.3 Å². The minimum atomic E-state index is -0.417. The molecule has 0 aromatic heterocycles. The maximum Gasteiger partial charge on any atom is 0.163 e. The minimum Gasteiger partial charge on any atom is -0.373 e. The predicted octanol–water partition coefficient (Wildman–Crippen LogP) is 2.89. The van der Waals surface area contributed by atoms with Crippen LogP contribution in [0.4, 0.5) is 0 Å². The molecule has 1 saturated carbocycles. The largest absolute Gasteiger partial charge is 0.373 e. The summed E-state index contributed by atoms with van der Waals surface area (Å²) in [4.78, 5) is 0. The van der Waals surface area contributed by atoms with Crippen molar-refractivity contribution in [2.45, 2.75) is 57.4 Å². The van der Waals surface area contributed by atoms with Gasteiger partial charge in [-0.3, -0.25) is 0 Å². The molecule has 1 aromatic rings. The quantitative estimate of drug-likeness (QED) is 0.823. The van der Waals surface area contributed by atoms with Crippen molar-refractivity contribution in [1.29, 1.82) is 0 Å². The van der Waals surface area contributed by atoms with Gasteiger partial charge in [-0.05, 0) is 19.4 Å². The molecular weight excluding hydrogens is 228 g/mol. The van der Waals surface area contributed by atoms with E-state index in [0.717, 1.165) is 12.8 Å². The van der Waals surface area contributed by atoms with Crippen molar-refractivity contribution in [3.8, 4) is 0 Å². The molecule has 0 amide bonds. The molecule has 2 aliphatic rings. The molecule has 3 atom stereocenters. The van der Waals surface area contributed by atoms with Crippen LogP contribution in [0.1, 0.15) is 32.3 Å². The van der Waals surface area contributed by atoms with Gasteiger partial charge in [-0.1, -0.05) is 30.3 Å². The lowest BCUT2D eigenvalue weighted by molar-refractivity contribution is -0.159. The zero-order valence-electron chi connectivity index (χ0n) is 11.0. The Morgan fingerprint density at radius 1 is 1.11 bits per heavy atom. The van der Waals surface area contributed by atoms with E-state index >= 15 is 0 Å². The molecule has 2 fully saturated rings. The SMILES string of the molecule is CC1(C)O[C@H]2CC(OCc3ccccc3)C[C@H]2O1. The Bertz CT molecular complexity index is 385. The average Bonchev–Trinajstić information content (AvgIpc) is 2.81. The average molecular weight is 248 g/mol. The Morgan fingerprint density at radius 2 is 1.72 bits per heavy atom. The van der Waals surface area contributed by atoms with E-state index in [9.17, 15) is 0 Å². The van der Waals surface area contributed by atoms with Crippen molar-refractivity contribution in [3.63, 3.8) is 0 Å². The zero-order valence-corrected chi connectivity index (χ0v) is 11.0. The Morgan fingerprint density at radius 3 is 2.33 bits per heavy atom. The highest BCUT2D eigenvalue weighted by atomic mass is 16.8. The molecule has 3 rings (SSSR count). The van der Waals surface area contributed by atoms with Gasteiger partial charge in [0, 0.05) is 12.8 Å². The number of hydrogen-bond acceptors (Lipinski definition) is 3. The van der Waals surface area contributed by atoms with Gasteiger partial charge in [0.25, 0.3) is 0 Å². The Hall–Kier alpha value is -0.900. The lowest BCUT2D eigenvalue weighted by Crippen LogP contribution is -2.24. The van der Waals surface area contributed by atoms with E-state index in [0.29, 0.717) is 6.61 Å². The first-order valence-electron chi connectivity index (χ1n) is 6.63. The molecule has 3 heteroatoms. The second kappa shape index (κ2) is 4.65. The number of fused-ring (bicyclic) bond motifs is 1. The lowest BCUT2D eigenvalue weighted by Gasteiger charge is -2.20. The highest BCUT2D eigenvalue weighted by molar-refractivity contribution is 5.13. The molecule has 18 heavy (non-hydrogen) atoms. The lowest BCUT2D eigenvalue weighted by atomic mass is 10.2. The predicted molar refractivity (Wildman–Crippen MR) is 68.1 cm³/mol. The van der Waals surface area contributed by atoms with Gasteiger partial charge in [0.2, 0.25) is 0 Å². The molecule has 0 N–H and O–H groups in total. The molecule has 0 radical (unpaired) electrons. The summed E-state index contributed by atoms with van der Waals surface area (Å²) in [6.07, 6.45) is 2.57. The molecule has 0 bridgehead atoms. The monoisotopic (exact) mass is 248 g/mol. The fourth-order valence-electron chi connectivity index (χ4n) is 2.85. The highest BCUT2D eigenvalue weighted by Crippen LogP contribution is 2.39. The van der Waals surface area contributed by atoms with E-state index in [-0.39, 0.29) is 18.3 Å². The van der Waals surface area contributed by atoms with Gasteiger partial charge in [0.1, 0.15) is 0 Å². The van der Waals surface area contributed by atoms with Gasteiger partial charge in [0.05, 0.1) is 24.9 Å². The summed E-state index contributed by atoms with van der Waals surface area (Å²) in [5.41, 5.74) is 1.22. The summed E-state index contributed by atoms with van der Waals surface area (Å²) in [6, 6.07) is 10.3. The molecule has 1 heterocycles. The normalized spacial score (nSPS) is 33.6. The fraction of sp³-hybridized carbons (Fsp3) is 0.600. The van der Waals surface area contributed by atoms with Crippen LogP contribution in [0.5, 0.6) is 0 Å². The van der Waals surface area contributed by atoms with Crippen molar-refractivity contribution in [2.75, 3.05) is 0 Å². The molecule has 1 aromatic carbocycles. The Kier molecular flexibility index (Phi) is 3.14. The summed E-state index contributed by atoms with van der Waals surface area (Å²) in [5, 5.41) is 0. The molecule has 0 spiro atoms. The number of rotatable bonds is 3. The van der Waals surface area contributed by atoms with Crippen LogP contribution < -0.4 is 0 Å². The third-order valence-electron chi connectivity index (χ3n) is 3.60. The third-order valence-corrected chi connectivity index (χ3v) is 3.60. The van der Waals surface area contributed by atoms with Gasteiger partial charge in [-0.15, -0.1) is 0 Å². The highest BCUT2D eigenvalue weighted by Gasteiger charge is 2.47. The smallest absolute Gasteiger partial charge is 0.163 e. The molecular formula is C15H20O3. The topological polar surface area (TPSA) is 27.7 Å². The van der Waals surface area contributed by atoms with Crippen molar-refractivity contribution in [1.82, 2.24) is 0 Å². The van der Waals surface area contributed by atoms with E-state index in [4.69, 9.17) is 14.2 Å². The molecule has 1 aliphatic heterocycles. The maximum absolute atomic E-state index is 5.93. The summed E-state index contributed by atoms with van der Waals surface area (Å²) in [5.74, 6) is -0.417. The van der Waals surface area contributed by atoms with Crippen LogP contribution in [0.2, 0.25) is 0 Å². The van der Waals surface area contributed by atoms with Crippen LogP contribution in [0, 0.1) is 0 Å². The summed E-state index contributed by atoms with van der Waals surface area (Å²) in [7, 11) is 0. The summed E-state index contributed by atoms with van der Waals surface area (Å²) in [6.45, 7) is 4.63. The summed E-state index contributed by atoms with van der Waals surface area (Å²) < 4.78 is 17.6. The van der Waals surface area contributed by atoms with E-state index in [1.54, 1.807) is 0 Å². The molecule has 1 aliphatic carbocycles. The van der Waals surface area contributed by atoms with Crippen molar-refractivity contribution in [2.24, 2.45) is 0 Å². The molecule has 1 unspecified atom stereocenters. The fourth-order valence-corrected chi connectivity index (χ4v) is 2.85. The number of hydrogen-bond donors (Lipinski definition) is 0. The Labute approximate surface area is 108 Å². The van der Waals surface area contributed by atoms with E-state index in [2.05, 4.69) is 12.1 Å². The third kappa shape index (κ3) is 2.58. The molecule has 3 nitrogen and oxygen atoms in total. The number of benzene rings is 1. The first kappa shape index (κ1) is 12.2. The van der Waals surface area contributed by atoms with Gasteiger partial charge in [-0.25, -0.2) is 0 Å². The van der Waals surface area contributed by atoms with Crippen molar-refractivity contribution < 1.29 is 14.2 Å². The van der Waals surface area contributed by atoms with Gasteiger partial charge in [-0.2, -0.15) is 0 Å². The summed E-state index contributed by atoms with van der Waals surface area (Å²) >= 11 is 0. The zero-order chi connectivity index (χ0) is 12.6. The van der Waals surface area contributed by atoms with Gasteiger partial charge < -0.3 is 14.2 Å². The van der Waals surface area contributed by atoms with Crippen LogP contribution >= 0.6 is 0 Å². The van der Waals surface area contributed by atoms with Crippen molar-refractivity contribution in [3.05, 3.63) is 35.9 Å². The second-order valence-electron chi connectivity index (χ2n) is 5.60. The minimum absolute atomic E-state index is 0.209. The van der Waals surface area contributed by atoms with Crippen LogP contribution in [-0.2, 0) is 20.8 Å². The standard InChI is InChI=1S/C15H20O3/c1-15(2)17-13-8-12(9-14(13)18-15)16-10-11-6-4-3-5-7-11/h3-7,12-14H,8-10H2,1-2H3/t12?,13-,14+. The van der Waals surface area contributed by atoms with E-state index in [1.807, 2.05) is 32.0 Å².